The summed E-state index contributed by atoms with van der Waals surface area (Å²) in [6.45, 7) is 1.81. The van der Waals surface area contributed by atoms with Gasteiger partial charge in [-0.1, -0.05) is 12.1 Å². The van der Waals surface area contributed by atoms with Crippen molar-refractivity contribution in [2.45, 2.75) is 13.2 Å². The van der Waals surface area contributed by atoms with Gasteiger partial charge in [0.05, 0.1) is 11.1 Å². The number of carbonyl (C=O) groups is 3. The number of nitrogens with two attached hydrogens (primary N) is 1. The number of benzene rings is 1. The number of hydrogen-bond donors (Lipinski definition) is 1. The minimum absolute atomic E-state index is 0.168. The van der Waals surface area contributed by atoms with Crippen molar-refractivity contribution in [1.29, 1.82) is 0 Å². The molecular weight excluding hydrogens is 236 g/mol. The first kappa shape index (κ1) is 12.3. The summed E-state index contributed by atoms with van der Waals surface area (Å²) in [5, 5.41) is 0. The zero-order valence-electron chi connectivity index (χ0n) is 9.75. The van der Waals surface area contributed by atoms with Crippen LogP contribution in [0.3, 0.4) is 0 Å². The van der Waals surface area contributed by atoms with Gasteiger partial charge in [0.1, 0.15) is 0 Å². The molecule has 0 saturated carbocycles. The number of hydrogen-bond acceptors (Lipinski definition) is 4. The first-order valence-electron chi connectivity index (χ1n) is 5.45. The predicted octanol–water partition coefficient (Wildman–Crippen LogP) is 0.131. The van der Waals surface area contributed by atoms with E-state index in [0.717, 1.165) is 4.90 Å². The van der Waals surface area contributed by atoms with Crippen molar-refractivity contribution in [2.75, 3.05) is 6.61 Å². The van der Waals surface area contributed by atoms with E-state index in [9.17, 15) is 14.4 Å². The van der Waals surface area contributed by atoms with Gasteiger partial charge in [0.25, 0.3) is 17.7 Å². The Morgan fingerprint density at radius 3 is 2.17 bits per heavy atom. The second-order valence-corrected chi connectivity index (χ2v) is 3.74. The molecule has 0 aromatic heterocycles. The summed E-state index contributed by atoms with van der Waals surface area (Å²) >= 11 is 0. The number of nitrogens with zero attached hydrogens (tertiary/aromatic N) is 1. The number of rotatable bonds is 4. The van der Waals surface area contributed by atoms with Gasteiger partial charge in [0.2, 0.25) is 6.23 Å². The molecule has 0 fully saturated rings. The van der Waals surface area contributed by atoms with E-state index in [-0.39, 0.29) is 17.7 Å². The molecule has 0 saturated heterocycles. The van der Waals surface area contributed by atoms with Crippen LogP contribution in [0.15, 0.2) is 24.3 Å². The minimum atomic E-state index is -1.36. The lowest BCUT2D eigenvalue weighted by Crippen LogP contribution is -2.49. The molecule has 1 atom stereocenters. The van der Waals surface area contributed by atoms with E-state index in [0.29, 0.717) is 0 Å². The molecule has 1 aromatic rings. The fourth-order valence-corrected chi connectivity index (χ4v) is 1.86. The van der Waals surface area contributed by atoms with Gasteiger partial charge >= 0.3 is 0 Å². The van der Waals surface area contributed by atoms with Crippen LogP contribution in [0.2, 0.25) is 0 Å². The molecule has 94 valence electrons. The zero-order valence-corrected chi connectivity index (χ0v) is 9.75. The van der Waals surface area contributed by atoms with Crippen molar-refractivity contribution in [2.24, 2.45) is 5.73 Å². The molecule has 0 aliphatic carbocycles. The molecule has 1 heterocycles. The maximum atomic E-state index is 12.0. The average molecular weight is 248 g/mol. The zero-order chi connectivity index (χ0) is 13.3. The van der Waals surface area contributed by atoms with Crippen molar-refractivity contribution in [3.05, 3.63) is 35.4 Å². The van der Waals surface area contributed by atoms with Crippen LogP contribution >= 0.6 is 0 Å². The fourth-order valence-electron chi connectivity index (χ4n) is 1.86. The van der Waals surface area contributed by atoms with Gasteiger partial charge in [-0.3, -0.25) is 14.4 Å². The molecule has 2 N–H and O–H groups in total. The standard InChI is InChI=1S/C12H12N2O4/c1-2-18-12(9(13)15)14-10(16)7-5-3-4-6-8(7)11(14)17/h3-6,12H,2H2,1H3,(H2,13,15). The van der Waals surface area contributed by atoms with E-state index in [1.807, 2.05) is 0 Å². The van der Waals surface area contributed by atoms with Gasteiger partial charge in [-0.15, -0.1) is 0 Å². The molecule has 0 radical (unpaired) electrons. The van der Waals surface area contributed by atoms with Gasteiger partial charge in [0, 0.05) is 6.61 Å². The summed E-state index contributed by atoms with van der Waals surface area (Å²) in [7, 11) is 0. The molecule has 0 spiro atoms. The highest BCUT2D eigenvalue weighted by Crippen LogP contribution is 2.24. The number of imide groups is 1. The maximum Gasteiger partial charge on any atom is 0.268 e. The van der Waals surface area contributed by atoms with Crippen LogP contribution in [-0.2, 0) is 9.53 Å². The Morgan fingerprint density at radius 2 is 1.78 bits per heavy atom. The number of primary amides is 1. The highest BCUT2D eigenvalue weighted by Gasteiger charge is 2.42. The Bertz CT molecular complexity index is 492. The summed E-state index contributed by atoms with van der Waals surface area (Å²) in [5.41, 5.74) is 5.67. The van der Waals surface area contributed by atoms with Crippen molar-refractivity contribution in [1.82, 2.24) is 4.90 Å². The molecular formula is C12H12N2O4. The molecule has 6 nitrogen and oxygen atoms in total. The lowest BCUT2D eigenvalue weighted by atomic mass is 10.1. The van der Waals surface area contributed by atoms with Gasteiger partial charge in [-0.05, 0) is 19.1 Å². The minimum Gasteiger partial charge on any atom is -0.366 e. The number of amides is 3. The highest BCUT2D eigenvalue weighted by molar-refractivity contribution is 6.22. The van der Waals surface area contributed by atoms with E-state index < -0.39 is 23.9 Å². The SMILES string of the molecule is CCOC(C(N)=O)N1C(=O)c2ccccc2C1=O. The highest BCUT2D eigenvalue weighted by atomic mass is 16.5. The molecule has 3 amide bonds. The maximum absolute atomic E-state index is 12.0. The molecule has 1 unspecified atom stereocenters. The van der Waals surface area contributed by atoms with Crippen molar-refractivity contribution >= 4 is 17.7 Å². The summed E-state index contributed by atoms with van der Waals surface area (Å²) in [6, 6.07) is 6.35. The van der Waals surface area contributed by atoms with Gasteiger partial charge in [-0.2, -0.15) is 0 Å². The normalized spacial score (nSPS) is 15.7. The molecule has 18 heavy (non-hydrogen) atoms. The number of carbonyl (C=O) groups excluding carboxylic acids is 3. The molecule has 6 heteroatoms. The van der Waals surface area contributed by atoms with Crippen molar-refractivity contribution in [3.63, 3.8) is 0 Å². The summed E-state index contributed by atoms with van der Waals surface area (Å²) in [5.74, 6) is -1.99. The molecule has 0 bridgehead atoms. The Balaban J connectivity index is 2.41. The Kier molecular flexibility index (Phi) is 3.12. The summed E-state index contributed by atoms with van der Waals surface area (Å²) < 4.78 is 5.07. The van der Waals surface area contributed by atoms with E-state index in [1.54, 1.807) is 19.1 Å². The van der Waals surface area contributed by atoms with E-state index >= 15 is 0 Å². The summed E-state index contributed by atoms with van der Waals surface area (Å²) in [4.78, 5) is 36.1. The van der Waals surface area contributed by atoms with Crippen LogP contribution < -0.4 is 5.73 Å². The largest absolute Gasteiger partial charge is 0.366 e. The third kappa shape index (κ3) is 1.76. The molecule has 1 aliphatic rings. The van der Waals surface area contributed by atoms with Gasteiger partial charge in [-0.25, -0.2) is 4.90 Å². The third-order valence-electron chi connectivity index (χ3n) is 2.63. The number of ether oxygens (including phenoxy) is 1. The van der Waals surface area contributed by atoms with Gasteiger partial charge in [0.15, 0.2) is 0 Å². The van der Waals surface area contributed by atoms with Crippen molar-refractivity contribution in [3.8, 4) is 0 Å². The molecule has 1 aliphatic heterocycles. The predicted molar refractivity (Wildman–Crippen MR) is 61.6 cm³/mol. The first-order valence-corrected chi connectivity index (χ1v) is 5.45. The lowest BCUT2D eigenvalue weighted by molar-refractivity contribution is -0.136. The number of fused-ring (bicyclic) bond motifs is 1. The molecule has 1 aromatic carbocycles. The molecule has 2 rings (SSSR count). The van der Waals surface area contributed by atoms with Crippen LogP contribution in [0.25, 0.3) is 0 Å². The van der Waals surface area contributed by atoms with Gasteiger partial charge < -0.3 is 10.5 Å². The smallest absolute Gasteiger partial charge is 0.268 e. The van der Waals surface area contributed by atoms with E-state index in [1.165, 1.54) is 12.1 Å². The van der Waals surface area contributed by atoms with Crippen LogP contribution in [0.1, 0.15) is 27.6 Å². The third-order valence-corrected chi connectivity index (χ3v) is 2.63. The van der Waals surface area contributed by atoms with Crippen LogP contribution in [0.5, 0.6) is 0 Å². The Labute approximate surface area is 103 Å². The van der Waals surface area contributed by atoms with E-state index in [4.69, 9.17) is 10.5 Å². The summed E-state index contributed by atoms with van der Waals surface area (Å²) in [6.07, 6.45) is -1.36. The van der Waals surface area contributed by atoms with E-state index in [2.05, 4.69) is 0 Å². The lowest BCUT2D eigenvalue weighted by Gasteiger charge is -2.22. The second-order valence-electron chi connectivity index (χ2n) is 3.74. The quantitative estimate of drug-likeness (QED) is 0.767. The van der Waals surface area contributed by atoms with Crippen molar-refractivity contribution < 1.29 is 19.1 Å². The van der Waals surface area contributed by atoms with Crippen LogP contribution in [0, 0.1) is 0 Å². The Hall–Kier alpha value is -2.21. The second kappa shape index (κ2) is 4.58. The average Bonchev–Trinajstić information content (AvgIpc) is 2.60. The Morgan fingerprint density at radius 1 is 1.28 bits per heavy atom. The monoisotopic (exact) mass is 248 g/mol. The first-order chi connectivity index (χ1) is 8.57. The van der Waals surface area contributed by atoms with Crippen LogP contribution in [0.4, 0.5) is 0 Å². The van der Waals surface area contributed by atoms with Crippen LogP contribution in [-0.4, -0.2) is 35.5 Å². The fraction of sp³-hybridized carbons (Fsp3) is 0.250. The topological polar surface area (TPSA) is 89.7 Å².